The highest BCUT2D eigenvalue weighted by molar-refractivity contribution is 5.87. The molecule has 4 rings (SSSR count). The van der Waals surface area contributed by atoms with E-state index in [2.05, 4.69) is 51.6 Å². The van der Waals surface area contributed by atoms with Gasteiger partial charge in [-0.2, -0.15) is 0 Å². The Morgan fingerprint density at radius 3 is 1.79 bits per heavy atom. The molecule has 10 atom stereocenters. The molecule has 0 spiro atoms. The fraction of sp³-hybridized carbons (Fsp3) is 0.812. The van der Waals surface area contributed by atoms with Crippen LogP contribution in [0, 0.1) is 47.3 Å². The minimum Gasteiger partial charge on any atom is -0.459 e. The van der Waals surface area contributed by atoms with E-state index in [0.29, 0.717) is 59.3 Å². The maximum absolute atomic E-state index is 12.8. The van der Waals surface area contributed by atoms with Gasteiger partial charge in [-0.3, -0.25) is 0 Å². The summed E-state index contributed by atoms with van der Waals surface area (Å²) < 4.78 is 12.0. The monoisotopic (exact) mass is 528 g/mol. The average molecular weight is 529 g/mol. The van der Waals surface area contributed by atoms with Gasteiger partial charge in [-0.25, -0.2) is 9.59 Å². The molecule has 0 unspecified atom stereocenters. The zero-order valence-electron chi connectivity index (χ0n) is 25.1. The molecule has 0 amide bonds. The zero-order chi connectivity index (χ0) is 27.7. The van der Waals surface area contributed by atoms with Gasteiger partial charge in [0.2, 0.25) is 0 Å². The van der Waals surface area contributed by atoms with Crippen LogP contribution in [-0.2, 0) is 19.1 Å². The van der Waals surface area contributed by atoms with Gasteiger partial charge in [-0.15, -0.1) is 0 Å². The van der Waals surface area contributed by atoms with Gasteiger partial charge in [0, 0.05) is 37.8 Å². The van der Waals surface area contributed by atoms with E-state index in [1.54, 1.807) is 6.08 Å². The Morgan fingerprint density at radius 2 is 1.26 bits per heavy atom. The summed E-state index contributed by atoms with van der Waals surface area (Å²) in [6.45, 7) is 17.4. The van der Waals surface area contributed by atoms with Gasteiger partial charge in [0.25, 0.3) is 0 Å². The third kappa shape index (κ3) is 6.55. The third-order valence-electron chi connectivity index (χ3n) is 10.5. The van der Waals surface area contributed by atoms with E-state index in [1.165, 1.54) is 0 Å². The topological polar surface area (TPSA) is 59.1 Å². The van der Waals surface area contributed by atoms with Crippen molar-refractivity contribution in [2.75, 3.05) is 40.3 Å². The summed E-state index contributed by atoms with van der Waals surface area (Å²) in [6.07, 6.45) is 7.02. The number of allylic oxidation sites excluding steroid dienone is 2. The van der Waals surface area contributed by atoms with E-state index in [0.717, 1.165) is 51.0 Å². The molecule has 214 valence electrons. The number of hydrogen-bond acceptors (Lipinski definition) is 6. The number of likely N-dealkylation sites (tertiary alicyclic amines) is 2. The van der Waals surface area contributed by atoms with Crippen molar-refractivity contribution in [1.29, 1.82) is 0 Å². The predicted octanol–water partition coefficient (Wildman–Crippen LogP) is 5.19. The molecule has 0 aromatic rings. The van der Waals surface area contributed by atoms with Gasteiger partial charge in [-0.05, 0) is 101 Å². The number of fused-ring (bicyclic) bond motifs is 2. The van der Waals surface area contributed by atoms with Crippen molar-refractivity contribution in [3.8, 4) is 0 Å². The molecule has 0 aromatic carbocycles. The Balaban J connectivity index is 1.22. The van der Waals surface area contributed by atoms with Crippen LogP contribution in [0.2, 0.25) is 0 Å². The lowest BCUT2D eigenvalue weighted by atomic mass is 9.79. The first kappa shape index (κ1) is 29.3. The van der Waals surface area contributed by atoms with E-state index in [1.807, 2.05) is 19.9 Å². The van der Waals surface area contributed by atoms with Crippen molar-refractivity contribution >= 4 is 11.9 Å². The van der Waals surface area contributed by atoms with Crippen LogP contribution in [0.3, 0.4) is 0 Å². The number of nitrogens with zero attached hydrogens (tertiary/aromatic N) is 2. The fourth-order valence-electron chi connectivity index (χ4n) is 8.28. The SMILES string of the molecule is C/C(=C\C(=O)O[C@H]1C[C@H]2[C@H](CN(C)C[C@H]2C)[C@H]1C)CC/C=C(\C)C(=O)O[C@H]1C[C@H]2[C@H](CN(C)C[C@H]2C)[C@H]1C. The number of piperidine rings is 2. The van der Waals surface area contributed by atoms with E-state index in [-0.39, 0.29) is 24.1 Å². The van der Waals surface area contributed by atoms with Crippen LogP contribution in [0.5, 0.6) is 0 Å². The molecule has 0 bridgehead atoms. The first-order valence-corrected chi connectivity index (χ1v) is 15.1. The summed E-state index contributed by atoms with van der Waals surface area (Å²) >= 11 is 0. The van der Waals surface area contributed by atoms with Gasteiger partial charge < -0.3 is 19.3 Å². The second-order valence-corrected chi connectivity index (χ2v) is 13.6. The average Bonchev–Trinajstić information content (AvgIpc) is 3.31. The second-order valence-electron chi connectivity index (χ2n) is 13.6. The van der Waals surface area contributed by atoms with Crippen molar-refractivity contribution in [2.45, 2.75) is 79.4 Å². The van der Waals surface area contributed by atoms with Crippen molar-refractivity contribution < 1.29 is 19.1 Å². The molecule has 0 radical (unpaired) electrons. The number of hydrogen-bond donors (Lipinski definition) is 0. The third-order valence-corrected chi connectivity index (χ3v) is 10.5. The number of carbonyl (C=O) groups is 2. The normalized spacial score (nSPS) is 40.5. The molecule has 6 heteroatoms. The van der Waals surface area contributed by atoms with Crippen LogP contribution in [-0.4, -0.2) is 74.2 Å². The molecule has 38 heavy (non-hydrogen) atoms. The number of rotatable bonds is 7. The lowest BCUT2D eigenvalue weighted by Gasteiger charge is -2.38. The Morgan fingerprint density at radius 1 is 0.763 bits per heavy atom. The largest absolute Gasteiger partial charge is 0.459 e. The lowest BCUT2D eigenvalue weighted by molar-refractivity contribution is -0.146. The van der Waals surface area contributed by atoms with Crippen LogP contribution in [0.1, 0.15) is 67.2 Å². The van der Waals surface area contributed by atoms with Crippen molar-refractivity contribution in [1.82, 2.24) is 9.80 Å². The Kier molecular flexibility index (Phi) is 9.45. The molecule has 0 N–H and O–H groups in total. The number of carbonyl (C=O) groups excluding carboxylic acids is 2. The van der Waals surface area contributed by atoms with Crippen molar-refractivity contribution in [3.05, 3.63) is 23.3 Å². The minimum absolute atomic E-state index is 0.0106. The molecule has 2 aliphatic carbocycles. The van der Waals surface area contributed by atoms with E-state index in [4.69, 9.17) is 9.47 Å². The van der Waals surface area contributed by atoms with Crippen LogP contribution in [0.25, 0.3) is 0 Å². The molecule has 6 nitrogen and oxygen atoms in total. The Hall–Kier alpha value is -1.66. The summed E-state index contributed by atoms with van der Waals surface area (Å²) in [4.78, 5) is 30.4. The maximum Gasteiger partial charge on any atom is 0.333 e. The minimum atomic E-state index is -0.226. The first-order valence-electron chi connectivity index (χ1n) is 15.1. The van der Waals surface area contributed by atoms with E-state index >= 15 is 0 Å². The van der Waals surface area contributed by atoms with Crippen molar-refractivity contribution in [3.63, 3.8) is 0 Å². The van der Waals surface area contributed by atoms with Gasteiger partial charge in [-0.1, -0.05) is 39.3 Å². The first-order chi connectivity index (χ1) is 17.9. The molecule has 2 heterocycles. The number of esters is 2. The van der Waals surface area contributed by atoms with Gasteiger partial charge in [0.15, 0.2) is 0 Å². The standard InChI is InChI=1S/C32H52N2O4/c1-19(12-31(35)37-29-13-25-21(3)15-33(7)17-27(25)23(29)5)10-9-11-20(2)32(36)38-30-14-26-22(4)16-34(8)18-28(26)24(30)6/h11-12,21-30H,9-10,13-18H2,1-8H3/b19-12+,20-11+/t21-,22-,23-,24-,25-,26-,27-,28-,29+,30+/m1/s1. The van der Waals surface area contributed by atoms with Crippen LogP contribution in [0.4, 0.5) is 0 Å². The maximum atomic E-state index is 12.8. The summed E-state index contributed by atoms with van der Waals surface area (Å²) in [7, 11) is 4.39. The highest BCUT2D eigenvalue weighted by Gasteiger charge is 2.48. The molecule has 2 aliphatic heterocycles. The molecule has 4 aliphatic rings. The molecular weight excluding hydrogens is 476 g/mol. The van der Waals surface area contributed by atoms with Gasteiger partial charge in [0.1, 0.15) is 12.2 Å². The second kappa shape index (κ2) is 12.2. The Labute approximate surface area is 231 Å². The summed E-state index contributed by atoms with van der Waals surface area (Å²) in [6, 6.07) is 0. The van der Waals surface area contributed by atoms with Crippen LogP contribution in [0.15, 0.2) is 23.3 Å². The summed E-state index contributed by atoms with van der Waals surface area (Å²) in [5, 5.41) is 0. The van der Waals surface area contributed by atoms with Crippen LogP contribution < -0.4 is 0 Å². The lowest BCUT2D eigenvalue weighted by Crippen LogP contribution is -2.42. The van der Waals surface area contributed by atoms with Gasteiger partial charge in [0.05, 0.1) is 0 Å². The van der Waals surface area contributed by atoms with E-state index < -0.39 is 0 Å². The molecule has 4 fully saturated rings. The van der Waals surface area contributed by atoms with E-state index in [9.17, 15) is 9.59 Å². The highest BCUT2D eigenvalue weighted by atomic mass is 16.5. The smallest absolute Gasteiger partial charge is 0.333 e. The zero-order valence-corrected chi connectivity index (χ0v) is 25.1. The van der Waals surface area contributed by atoms with Crippen molar-refractivity contribution in [2.24, 2.45) is 47.3 Å². The molecule has 2 saturated carbocycles. The predicted molar refractivity (Wildman–Crippen MR) is 151 cm³/mol. The van der Waals surface area contributed by atoms with Crippen LogP contribution >= 0.6 is 0 Å². The molecular formula is C32H52N2O4. The molecule has 0 aromatic heterocycles. The Bertz CT molecular complexity index is 928. The summed E-state index contributed by atoms with van der Waals surface area (Å²) in [5.74, 6) is 4.19. The quantitative estimate of drug-likeness (QED) is 0.335. The highest BCUT2D eigenvalue weighted by Crippen LogP contribution is 2.46. The summed E-state index contributed by atoms with van der Waals surface area (Å²) in [5.41, 5.74) is 1.64. The molecule has 2 saturated heterocycles. The fourth-order valence-corrected chi connectivity index (χ4v) is 8.28. The number of ether oxygens (including phenoxy) is 2. The van der Waals surface area contributed by atoms with Gasteiger partial charge >= 0.3 is 11.9 Å².